The standard InChI is InChI=1S/C12H12N2O3/c1-7-10(12(15)16)11(14-13-7)8-3-5-9(17-2)6-4-8/h3-6H,1-2H3,(H,13,14)(H,15,16). The lowest BCUT2D eigenvalue weighted by Crippen LogP contribution is -1.99. The predicted molar refractivity (Wildman–Crippen MR) is 62.3 cm³/mol. The zero-order valence-corrected chi connectivity index (χ0v) is 9.52. The number of carboxylic acids is 1. The number of carboxylic acid groups (broad SMARTS) is 1. The van der Waals surface area contributed by atoms with Crippen molar-refractivity contribution in [2.75, 3.05) is 7.11 Å². The van der Waals surface area contributed by atoms with Crippen molar-refractivity contribution >= 4 is 5.97 Å². The van der Waals surface area contributed by atoms with Crippen LogP contribution < -0.4 is 4.74 Å². The van der Waals surface area contributed by atoms with E-state index in [1.807, 2.05) is 0 Å². The third-order valence-electron chi connectivity index (χ3n) is 2.54. The van der Waals surface area contributed by atoms with Gasteiger partial charge < -0.3 is 9.84 Å². The molecule has 0 aliphatic heterocycles. The van der Waals surface area contributed by atoms with Crippen LogP contribution in [0.5, 0.6) is 5.75 Å². The van der Waals surface area contributed by atoms with Crippen LogP contribution in [0.15, 0.2) is 24.3 Å². The van der Waals surface area contributed by atoms with Gasteiger partial charge in [-0.2, -0.15) is 5.10 Å². The van der Waals surface area contributed by atoms with E-state index >= 15 is 0 Å². The molecule has 0 aliphatic carbocycles. The van der Waals surface area contributed by atoms with Crippen LogP contribution in [0.1, 0.15) is 16.1 Å². The molecule has 0 bridgehead atoms. The van der Waals surface area contributed by atoms with Crippen LogP contribution in [0.25, 0.3) is 11.3 Å². The Morgan fingerprint density at radius 1 is 1.35 bits per heavy atom. The van der Waals surface area contributed by atoms with Gasteiger partial charge in [-0.3, -0.25) is 5.10 Å². The smallest absolute Gasteiger partial charge is 0.339 e. The number of aryl methyl sites for hydroxylation is 1. The van der Waals surface area contributed by atoms with E-state index in [4.69, 9.17) is 9.84 Å². The number of nitrogens with zero attached hydrogens (tertiary/aromatic N) is 1. The minimum absolute atomic E-state index is 0.204. The van der Waals surface area contributed by atoms with Crippen molar-refractivity contribution in [1.82, 2.24) is 10.2 Å². The average molecular weight is 232 g/mol. The Balaban J connectivity index is 2.49. The molecule has 0 radical (unpaired) electrons. The largest absolute Gasteiger partial charge is 0.497 e. The van der Waals surface area contributed by atoms with E-state index in [-0.39, 0.29) is 5.56 Å². The number of H-pyrrole nitrogens is 1. The van der Waals surface area contributed by atoms with E-state index in [9.17, 15) is 4.79 Å². The van der Waals surface area contributed by atoms with Crippen molar-refractivity contribution in [2.45, 2.75) is 6.92 Å². The molecule has 0 unspecified atom stereocenters. The Morgan fingerprint density at radius 3 is 2.53 bits per heavy atom. The molecule has 5 nitrogen and oxygen atoms in total. The highest BCUT2D eigenvalue weighted by Gasteiger charge is 2.17. The summed E-state index contributed by atoms with van der Waals surface area (Å²) in [6.07, 6.45) is 0. The molecule has 88 valence electrons. The third-order valence-corrected chi connectivity index (χ3v) is 2.54. The molecule has 2 rings (SSSR count). The fourth-order valence-corrected chi connectivity index (χ4v) is 1.66. The van der Waals surface area contributed by atoms with E-state index in [2.05, 4.69) is 10.2 Å². The van der Waals surface area contributed by atoms with Crippen LogP contribution in [0.3, 0.4) is 0 Å². The summed E-state index contributed by atoms with van der Waals surface area (Å²) in [4.78, 5) is 11.1. The first-order chi connectivity index (χ1) is 8.13. The maximum Gasteiger partial charge on any atom is 0.339 e. The summed E-state index contributed by atoms with van der Waals surface area (Å²) in [6.45, 7) is 1.66. The van der Waals surface area contributed by atoms with Crippen molar-refractivity contribution in [2.24, 2.45) is 0 Å². The minimum Gasteiger partial charge on any atom is -0.497 e. The van der Waals surface area contributed by atoms with Gasteiger partial charge in [-0.1, -0.05) is 0 Å². The number of nitrogens with one attached hydrogen (secondary N) is 1. The number of hydrogen-bond acceptors (Lipinski definition) is 3. The van der Waals surface area contributed by atoms with Crippen LogP contribution in [0.4, 0.5) is 0 Å². The van der Waals surface area contributed by atoms with Gasteiger partial charge in [0.2, 0.25) is 0 Å². The van der Waals surface area contributed by atoms with Gasteiger partial charge >= 0.3 is 5.97 Å². The van der Waals surface area contributed by atoms with Crippen molar-refractivity contribution in [3.63, 3.8) is 0 Å². The molecule has 0 saturated heterocycles. The first-order valence-corrected chi connectivity index (χ1v) is 5.06. The second-order valence-corrected chi connectivity index (χ2v) is 3.59. The lowest BCUT2D eigenvalue weighted by atomic mass is 10.1. The highest BCUT2D eigenvalue weighted by molar-refractivity contribution is 5.96. The molecule has 2 aromatic rings. The molecule has 0 saturated carbocycles. The molecule has 0 atom stereocenters. The summed E-state index contributed by atoms with van der Waals surface area (Å²) < 4.78 is 5.05. The summed E-state index contributed by atoms with van der Waals surface area (Å²) >= 11 is 0. The summed E-state index contributed by atoms with van der Waals surface area (Å²) in [5.41, 5.74) is 1.96. The molecule has 17 heavy (non-hydrogen) atoms. The normalized spacial score (nSPS) is 10.2. The quantitative estimate of drug-likeness (QED) is 0.849. The zero-order valence-electron chi connectivity index (χ0n) is 9.52. The molecule has 0 amide bonds. The lowest BCUT2D eigenvalue weighted by Gasteiger charge is -2.02. The summed E-state index contributed by atoms with van der Waals surface area (Å²) in [7, 11) is 1.58. The number of aromatic nitrogens is 2. The molecule has 1 aromatic heterocycles. The highest BCUT2D eigenvalue weighted by atomic mass is 16.5. The highest BCUT2D eigenvalue weighted by Crippen LogP contribution is 2.25. The van der Waals surface area contributed by atoms with Gasteiger partial charge in [0, 0.05) is 5.56 Å². The van der Waals surface area contributed by atoms with Gasteiger partial charge in [0.05, 0.1) is 18.5 Å². The Labute approximate surface area is 98.0 Å². The van der Waals surface area contributed by atoms with E-state index in [1.165, 1.54) is 0 Å². The fraction of sp³-hybridized carbons (Fsp3) is 0.167. The van der Waals surface area contributed by atoms with E-state index in [0.29, 0.717) is 11.4 Å². The van der Waals surface area contributed by atoms with Gasteiger partial charge in [0.1, 0.15) is 11.3 Å². The van der Waals surface area contributed by atoms with E-state index in [1.54, 1.807) is 38.3 Å². The van der Waals surface area contributed by atoms with Crippen molar-refractivity contribution in [3.05, 3.63) is 35.5 Å². The molecule has 2 N–H and O–H groups in total. The number of rotatable bonds is 3. The SMILES string of the molecule is COc1ccc(-c2[nH]nc(C)c2C(=O)O)cc1. The first-order valence-electron chi connectivity index (χ1n) is 5.06. The first kappa shape index (κ1) is 11.2. The Bertz CT molecular complexity index is 543. The van der Waals surface area contributed by atoms with Gasteiger partial charge in [-0.05, 0) is 31.2 Å². The maximum atomic E-state index is 11.1. The number of methoxy groups -OCH3 is 1. The zero-order chi connectivity index (χ0) is 12.4. The van der Waals surface area contributed by atoms with Crippen LogP contribution in [0, 0.1) is 6.92 Å². The van der Waals surface area contributed by atoms with Crippen molar-refractivity contribution in [3.8, 4) is 17.0 Å². The molecule has 1 heterocycles. The Kier molecular flexibility index (Phi) is 2.82. The number of ether oxygens (including phenoxy) is 1. The summed E-state index contributed by atoms with van der Waals surface area (Å²) in [5.74, 6) is -0.260. The number of hydrogen-bond donors (Lipinski definition) is 2. The molecule has 0 fully saturated rings. The minimum atomic E-state index is -0.984. The molecular weight excluding hydrogens is 220 g/mol. The molecular formula is C12H12N2O3. The Morgan fingerprint density at radius 2 is 2.00 bits per heavy atom. The third kappa shape index (κ3) is 1.99. The van der Waals surface area contributed by atoms with E-state index in [0.717, 1.165) is 11.3 Å². The maximum absolute atomic E-state index is 11.1. The molecule has 0 spiro atoms. The van der Waals surface area contributed by atoms with Gasteiger partial charge in [0.15, 0.2) is 0 Å². The summed E-state index contributed by atoms with van der Waals surface area (Å²) in [5, 5.41) is 15.8. The summed E-state index contributed by atoms with van der Waals surface area (Å²) in [6, 6.07) is 7.13. The number of benzene rings is 1. The Hall–Kier alpha value is -2.30. The van der Waals surface area contributed by atoms with Gasteiger partial charge in [-0.15, -0.1) is 0 Å². The molecule has 1 aromatic carbocycles. The van der Waals surface area contributed by atoms with Crippen LogP contribution in [-0.4, -0.2) is 28.4 Å². The average Bonchev–Trinajstić information content (AvgIpc) is 2.71. The molecule has 0 aliphatic rings. The van der Waals surface area contributed by atoms with Crippen LogP contribution in [0.2, 0.25) is 0 Å². The fourth-order valence-electron chi connectivity index (χ4n) is 1.66. The number of aromatic carboxylic acids is 1. The van der Waals surface area contributed by atoms with Crippen molar-refractivity contribution in [1.29, 1.82) is 0 Å². The second-order valence-electron chi connectivity index (χ2n) is 3.59. The molecule has 5 heteroatoms. The number of carbonyl (C=O) groups is 1. The predicted octanol–water partition coefficient (Wildman–Crippen LogP) is 2.09. The van der Waals surface area contributed by atoms with Crippen molar-refractivity contribution < 1.29 is 14.6 Å². The topological polar surface area (TPSA) is 75.2 Å². The monoisotopic (exact) mass is 232 g/mol. The van der Waals surface area contributed by atoms with Crippen LogP contribution in [-0.2, 0) is 0 Å². The lowest BCUT2D eigenvalue weighted by molar-refractivity contribution is 0.0697. The van der Waals surface area contributed by atoms with Gasteiger partial charge in [-0.25, -0.2) is 4.79 Å². The second kappa shape index (κ2) is 4.29. The van der Waals surface area contributed by atoms with E-state index < -0.39 is 5.97 Å². The van der Waals surface area contributed by atoms with Crippen LogP contribution >= 0.6 is 0 Å². The van der Waals surface area contributed by atoms with Gasteiger partial charge in [0.25, 0.3) is 0 Å². The number of aromatic amines is 1.